The van der Waals surface area contributed by atoms with E-state index in [9.17, 15) is 4.79 Å². The minimum absolute atomic E-state index is 0.341. The summed E-state index contributed by atoms with van der Waals surface area (Å²) in [7, 11) is 0. The molecule has 3 aromatic rings. The largest absolute Gasteiger partial charge is 0.326 e. The van der Waals surface area contributed by atoms with E-state index in [4.69, 9.17) is 10.7 Å². The van der Waals surface area contributed by atoms with Gasteiger partial charge in [-0.05, 0) is 42.9 Å². The number of nitrogens with zero attached hydrogens (tertiary/aromatic N) is 3. The molecule has 0 bridgehead atoms. The summed E-state index contributed by atoms with van der Waals surface area (Å²) in [5, 5.41) is 4.64. The van der Waals surface area contributed by atoms with E-state index in [2.05, 4.69) is 29.0 Å². The second-order valence-electron chi connectivity index (χ2n) is 8.53. The molecule has 0 saturated heterocycles. The fourth-order valence-corrected chi connectivity index (χ4v) is 4.41. The molecular formula is C24H28N4O. The molecule has 5 nitrogen and oxygen atoms in total. The molecule has 2 aromatic heterocycles. The van der Waals surface area contributed by atoms with Crippen molar-refractivity contribution in [1.82, 2.24) is 14.8 Å². The van der Waals surface area contributed by atoms with E-state index in [1.165, 1.54) is 25.7 Å². The average molecular weight is 389 g/mol. The number of hydrogen-bond acceptors (Lipinski definition) is 4. The number of benzene rings is 1. The van der Waals surface area contributed by atoms with Gasteiger partial charge in [0.1, 0.15) is 6.29 Å². The van der Waals surface area contributed by atoms with Crippen molar-refractivity contribution in [2.45, 2.75) is 52.6 Å². The molecule has 5 heteroatoms. The molecule has 1 fully saturated rings. The van der Waals surface area contributed by atoms with Crippen molar-refractivity contribution in [3.8, 4) is 22.4 Å². The van der Waals surface area contributed by atoms with Crippen LogP contribution in [0.15, 0.2) is 42.7 Å². The zero-order valence-electron chi connectivity index (χ0n) is 17.2. The summed E-state index contributed by atoms with van der Waals surface area (Å²) >= 11 is 0. The Morgan fingerprint density at radius 2 is 1.97 bits per heavy atom. The van der Waals surface area contributed by atoms with Gasteiger partial charge in [0.15, 0.2) is 0 Å². The summed E-state index contributed by atoms with van der Waals surface area (Å²) in [6.45, 7) is 5.63. The molecule has 0 amide bonds. The average Bonchev–Trinajstić information content (AvgIpc) is 3.36. The van der Waals surface area contributed by atoms with Crippen molar-refractivity contribution >= 4 is 6.29 Å². The Hall–Kier alpha value is -2.79. The van der Waals surface area contributed by atoms with Gasteiger partial charge < -0.3 is 5.73 Å². The van der Waals surface area contributed by atoms with Crippen LogP contribution < -0.4 is 5.73 Å². The molecule has 150 valence electrons. The predicted octanol–water partition coefficient (Wildman–Crippen LogP) is 4.77. The van der Waals surface area contributed by atoms with Crippen LogP contribution in [0.5, 0.6) is 0 Å². The number of carbonyl (C=O) groups is 1. The van der Waals surface area contributed by atoms with Gasteiger partial charge in [-0.1, -0.05) is 38.0 Å². The Balaban J connectivity index is 1.72. The lowest BCUT2D eigenvalue weighted by atomic mass is 9.89. The van der Waals surface area contributed by atoms with Crippen LogP contribution in [0.3, 0.4) is 0 Å². The van der Waals surface area contributed by atoms with E-state index in [0.717, 1.165) is 46.5 Å². The molecule has 1 aliphatic carbocycles. The van der Waals surface area contributed by atoms with Gasteiger partial charge >= 0.3 is 0 Å². The molecule has 0 unspecified atom stereocenters. The zero-order chi connectivity index (χ0) is 20.4. The third kappa shape index (κ3) is 4.01. The van der Waals surface area contributed by atoms with Crippen molar-refractivity contribution < 1.29 is 4.79 Å². The van der Waals surface area contributed by atoms with E-state index in [1.807, 2.05) is 37.4 Å². The van der Waals surface area contributed by atoms with E-state index in [0.29, 0.717) is 17.5 Å². The highest BCUT2D eigenvalue weighted by atomic mass is 16.1. The van der Waals surface area contributed by atoms with E-state index >= 15 is 0 Å². The minimum Gasteiger partial charge on any atom is -0.326 e. The number of pyridine rings is 1. The first kappa shape index (κ1) is 19.5. The lowest BCUT2D eigenvalue weighted by Crippen LogP contribution is -2.19. The molecular weight excluding hydrogens is 360 g/mol. The summed E-state index contributed by atoms with van der Waals surface area (Å²) in [6.07, 6.45) is 10.1. The summed E-state index contributed by atoms with van der Waals surface area (Å²) in [6, 6.07) is 9.89. The first-order valence-corrected chi connectivity index (χ1v) is 10.3. The molecule has 1 aromatic carbocycles. The van der Waals surface area contributed by atoms with Gasteiger partial charge in [-0.2, -0.15) is 5.10 Å². The zero-order valence-corrected chi connectivity index (χ0v) is 17.2. The molecule has 0 radical (unpaired) electrons. The van der Waals surface area contributed by atoms with Crippen molar-refractivity contribution in [1.29, 1.82) is 0 Å². The van der Waals surface area contributed by atoms with Crippen molar-refractivity contribution in [3.05, 3.63) is 59.5 Å². The Morgan fingerprint density at radius 1 is 1.17 bits per heavy atom. The Morgan fingerprint density at radius 3 is 2.69 bits per heavy atom. The fraction of sp³-hybridized carbons (Fsp3) is 0.375. The standard InChI is InChI=1S/C24H28N4O/c1-17-5-8-22(21-13-26-28(14-21)16-24(2)9-3-4-10-24)23(27-17)18-6-7-19(12-25)20(11-18)15-29/h5-8,11,13-15H,3-4,9-10,12,16,25H2,1-2H3. The molecule has 0 aliphatic heterocycles. The Bertz CT molecular complexity index is 1030. The molecule has 0 atom stereocenters. The van der Waals surface area contributed by atoms with Gasteiger partial charge in [-0.3, -0.25) is 14.5 Å². The summed E-state index contributed by atoms with van der Waals surface area (Å²) < 4.78 is 2.07. The van der Waals surface area contributed by atoms with Gasteiger partial charge in [-0.15, -0.1) is 0 Å². The van der Waals surface area contributed by atoms with Gasteiger partial charge in [0.2, 0.25) is 0 Å². The van der Waals surface area contributed by atoms with E-state index in [-0.39, 0.29) is 0 Å². The maximum atomic E-state index is 11.5. The number of carbonyl (C=O) groups excluding carboxylic acids is 1. The van der Waals surface area contributed by atoms with Crippen LogP contribution in [0.4, 0.5) is 0 Å². The van der Waals surface area contributed by atoms with Crippen LogP contribution in [0.25, 0.3) is 22.4 Å². The number of aromatic nitrogens is 3. The highest BCUT2D eigenvalue weighted by Gasteiger charge is 2.29. The second-order valence-corrected chi connectivity index (χ2v) is 8.53. The van der Waals surface area contributed by atoms with E-state index < -0.39 is 0 Å². The maximum absolute atomic E-state index is 11.5. The van der Waals surface area contributed by atoms with Crippen LogP contribution in [0.1, 0.15) is 54.2 Å². The van der Waals surface area contributed by atoms with Crippen molar-refractivity contribution in [3.63, 3.8) is 0 Å². The molecule has 2 heterocycles. The fourth-order valence-electron chi connectivity index (χ4n) is 4.41. The van der Waals surface area contributed by atoms with Crippen LogP contribution >= 0.6 is 0 Å². The number of hydrogen-bond donors (Lipinski definition) is 1. The maximum Gasteiger partial charge on any atom is 0.150 e. The lowest BCUT2D eigenvalue weighted by molar-refractivity contribution is 0.112. The smallest absolute Gasteiger partial charge is 0.150 e. The normalized spacial score (nSPS) is 15.6. The third-order valence-electron chi connectivity index (χ3n) is 6.10. The summed E-state index contributed by atoms with van der Waals surface area (Å²) in [4.78, 5) is 16.3. The number of aryl methyl sites for hydroxylation is 1. The third-order valence-corrected chi connectivity index (χ3v) is 6.10. The van der Waals surface area contributed by atoms with E-state index in [1.54, 1.807) is 0 Å². The first-order valence-electron chi connectivity index (χ1n) is 10.3. The Kier molecular flexibility index (Phi) is 5.33. The lowest BCUT2D eigenvalue weighted by Gasteiger charge is -2.22. The molecule has 0 spiro atoms. The molecule has 2 N–H and O–H groups in total. The molecule has 29 heavy (non-hydrogen) atoms. The minimum atomic E-state index is 0.341. The Labute approximate surface area is 172 Å². The highest BCUT2D eigenvalue weighted by molar-refractivity contribution is 5.85. The highest BCUT2D eigenvalue weighted by Crippen LogP contribution is 2.39. The van der Waals surface area contributed by atoms with Crippen LogP contribution in [0.2, 0.25) is 0 Å². The second kappa shape index (κ2) is 7.91. The van der Waals surface area contributed by atoms with Crippen LogP contribution in [-0.2, 0) is 13.1 Å². The van der Waals surface area contributed by atoms with Crippen molar-refractivity contribution in [2.24, 2.45) is 11.1 Å². The predicted molar refractivity (Wildman–Crippen MR) is 115 cm³/mol. The van der Waals surface area contributed by atoms with Crippen molar-refractivity contribution in [2.75, 3.05) is 0 Å². The summed E-state index contributed by atoms with van der Waals surface area (Å²) in [5.74, 6) is 0. The van der Waals surface area contributed by atoms with Crippen LogP contribution in [-0.4, -0.2) is 21.1 Å². The van der Waals surface area contributed by atoms with Crippen LogP contribution in [0, 0.1) is 12.3 Å². The van der Waals surface area contributed by atoms with Gasteiger partial charge in [-0.25, -0.2) is 0 Å². The molecule has 4 rings (SSSR count). The quantitative estimate of drug-likeness (QED) is 0.617. The van der Waals surface area contributed by atoms with Gasteiger partial charge in [0.25, 0.3) is 0 Å². The topological polar surface area (TPSA) is 73.8 Å². The monoisotopic (exact) mass is 388 g/mol. The first-order chi connectivity index (χ1) is 14.0. The number of nitrogens with two attached hydrogens (primary N) is 1. The molecule has 1 saturated carbocycles. The SMILES string of the molecule is Cc1ccc(-c2cnn(CC3(C)CCCC3)c2)c(-c2ccc(CN)c(C=O)c2)n1. The number of aldehydes is 1. The number of rotatable bonds is 6. The molecule has 1 aliphatic rings. The summed E-state index contributed by atoms with van der Waals surface area (Å²) in [5.41, 5.74) is 12.3. The van der Waals surface area contributed by atoms with Gasteiger partial charge in [0.05, 0.1) is 11.9 Å². The van der Waals surface area contributed by atoms with Gasteiger partial charge in [0, 0.05) is 47.2 Å².